The van der Waals surface area contributed by atoms with Gasteiger partial charge in [-0.2, -0.15) is 0 Å². The number of rotatable bonds is 5. The van der Waals surface area contributed by atoms with Crippen LogP contribution in [-0.4, -0.2) is 17.6 Å². The molecule has 4 nitrogen and oxygen atoms in total. The molecule has 0 atom stereocenters. The fourth-order valence-electron chi connectivity index (χ4n) is 2.63. The predicted octanol–water partition coefficient (Wildman–Crippen LogP) is 3.04. The summed E-state index contributed by atoms with van der Waals surface area (Å²) in [5.74, 6) is 0.335. The van der Waals surface area contributed by atoms with Gasteiger partial charge < -0.3 is 14.8 Å². The van der Waals surface area contributed by atoms with Crippen molar-refractivity contribution in [2.45, 2.75) is 45.1 Å². The molecule has 0 saturated heterocycles. The summed E-state index contributed by atoms with van der Waals surface area (Å²) >= 11 is 0. The molecule has 1 aromatic heterocycles. The molecule has 2 N–H and O–H groups in total. The highest BCUT2D eigenvalue weighted by molar-refractivity contribution is 5.88. The van der Waals surface area contributed by atoms with E-state index in [1.165, 1.54) is 50.9 Å². The molecule has 2 rings (SSSR count). The zero-order valence-electron chi connectivity index (χ0n) is 10.7. The third-order valence-electron chi connectivity index (χ3n) is 3.67. The van der Waals surface area contributed by atoms with E-state index >= 15 is 0 Å². The maximum Gasteiger partial charge on any atom is 0.339 e. The van der Waals surface area contributed by atoms with E-state index in [0.29, 0.717) is 12.3 Å². The molecule has 0 unspecified atom stereocenters. The van der Waals surface area contributed by atoms with E-state index < -0.39 is 5.97 Å². The molecule has 1 fully saturated rings. The molecule has 0 amide bonds. The average molecular weight is 251 g/mol. The quantitative estimate of drug-likeness (QED) is 0.789. The Morgan fingerprint density at radius 1 is 1.33 bits per heavy atom. The Balaban J connectivity index is 1.77. The summed E-state index contributed by atoms with van der Waals surface area (Å²) in [6.45, 7) is 1.46. The van der Waals surface area contributed by atoms with Gasteiger partial charge in [0.2, 0.25) is 0 Å². The number of aromatic carboxylic acids is 1. The normalized spacial score (nSPS) is 17.6. The number of furan rings is 1. The molecule has 4 heteroatoms. The van der Waals surface area contributed by atoms with Crippen LogP contribution in [0.2, 0.25) is 0 Å². The molecule has 0 spiro atoms. The van der Waals surface area contributed by atoms with Gasteiger partial charge in [-0.3, -0.25) is 0 Å². The van der Waals surface area contributed by atoms with Crippen molar-refractivity contribution >= 4 is 5.97 Å². The van der Waals surface area contributed by atoms with Crippen molar-refractivity contribution in [3.8, 4) is 0 Å². The van der Waals surface area contributed by atoms with Gasteiger partial charge >= 0.3 is 5.97 Å². The summed E-state index contributed by atoms with van der Waals surface area (Å²) in [4.78, 5) is 10.9. The van der Waals surface area contributed by atoms with Crippen molar-refractivity contribution < 1.29 is 14.3 Å². The van der Waals surface area contributed by atoms with Crippen molar-refractivity contribution in [2.75, 3.05) is 6.54 Å². The first-order chi connectivity index (χ1) is 8.77. The highest BCUT2D eigenvalue weighted by Gasteiger charge is 2.15. The standard InChI is InChI=1S/C14H21NO3/c16-14(17)12-7-8-18-13(12)10-15-9-11-5-3-1-2-4-6-11/h7-8,11,15H,1-6,9-10H2,(H,16,17). The third-order valence-corrected chi connectivity index (χ3v) is 3.67. The number of carbonyl (C=O) groups is 1. The van der Waals surface area contributed by atoms with Crippen LogP contribution in [0.1, 0.15) is 54.6 Å². The summed E-state index contributed by atoms with van der Waals surface area (Å²) in [5.41, 5.74) is 0.267. The zero-order chi connectivity index (χ0) is 12.8. The minimum Gasteiger partial charge on any atom is -0.478 e. The minimum absolute atomic E-state index is 0.267. The average Bonchev–Trinajstić information content (AvgIpc) is 2.66. The van der Waals surface area contributed by atoms with Crippen LogP contribution in [0.25, 0.3) is 0 Å². The van der Waals surface area contributed by atoms with Gasteiger partial charge in [-0.1, -0.05) is 25.7 Å². The fourth-order valence-corrected chi connectivity index (χ4v) is 2.63. The lowest BCUT2D eigenvalue weighted by molar-refractivity contribution is 0.0694. The van der Waals surface area contributed by atoms with Gasteiger partial charge in [-0.05, 0) is 31.4 Å². The molecule has 1 aliphatic rings. The van der Waals surface area contributed by atoms with Gasteiger partial charge in [0.25, 0.3) is 0 Å². The number of nitrogens with one attached hydrogen (secondary N) is 1. The zero-order valence-corrected chi connectivity index (χ0v) is 10.7. The van der Waals surface area contributed by atoms with Gasteiger partial charge in [0.05, 0.1) is 12.8 Å². The Labute approximate surface area is 107 Å². The molecule has 0 bridgehead atoms. The third kappa shape index (κ3) is 3.60. The number of hydrogen-bond acceptors (Lipinski definition) is 3. The van der Waals surface area contributed by atoms with E-state index in [1.54, 1.807) is 0 Å². The van der Waals surface area contributed by atoms with Crippen LogP contribution >= 0.6 is 0 Å². The second kappa shape index (κ2) is 6.59. The van der Waals surface area contributed by atoms with E-state index in [2.05, 4.69) is 5.32 Å². The monoisotopic (exact) mass is 251 g/mol. The van der Waals surface area contributed by atoms with Crippen LogP contribution in [0, 0.1) is 5.92 Å². The second-order valence-electron chi connectivity index (χ2n) is 5.05. The molecular weight excluding hydrogens is 230 g/mol. The smallest absolute Gasteiger partial charge is 0.339 e. The Morgan fingerprint density at radius 2 is 2.06 bits per heavy atom. The molecule has 1 aromatic rings. The van der Waals surface area contributed by atoms with Gasteiger partial charge in [0.1, 0.15) is 11.3 Å². The Morgan fingerprint density at radius 3 is 2.72 bits per heavy atom. The lowest BCUT2D eigenvalue weighted by Crippen LogP contribution is -2.22. The van der Waals surface area contributed by atoms with E-state index in [0.717, 1.165) is 12.5 Å². The Bertz CT molecular complexity index is 378. The molecule has 1 saturated carbocycles. The van der Waals surface area contributed by atoms with Crippen LogP contribution < -0.4 is 5.32 Å². The predicted molar refractivity (Wildman–Crippen MR) is 68.6 cm³/mol. The summed E-state index contributed by atoms with van der Waals surface area (Å²) in [7, 11) is 0. The topological polar surface area (TPSA) is 62.5 Å². The van der Waals surface area contributed by atoms with Crippen LogP contribution in [0.5, 0.6) is 0 Å². The van der Waals surface area contributed by atoms with Crippen molar-refractivity contribution in [1.29, 1.82) is 0 Å². The van der Waals surface area contributed by atoms with E-state index in [1.807, 2.05) is 0 Å². The molecule has 0 radical (unpaired) electrons. The summed E-state index contributed by atoms with van der Waals surface area (Å²) in [5, 5.41) is 12.3. The van der Waals surface area contributed by atoms with Crippen molar-refractivity contribution in [3.63, 3.8) is 0 Å². The second-order valence-corrected chi connectivity index (χ2v) is 5.05. The first-order valence-electron chi connectivity index (χ1n) is 6.77. The lowest BCUT2D eigenvalue weighted by Gasteiger charge is -2.14. The molecule has 100 valence electrons. The van der Waals surface area contributed by atoms with Crippen LogP contribution in [0.15, 0.2) is 16.7 Å². The van der Waals surface area contributed by atoms with E-state index in [4.69, 9.17) is 9.52 Å². The maximum absolute atomic E-state index is 10.9. The maximum atomic E-state index is 10.9. The van der Waals surface area contributed by atoms with Gasteiger partial charge in [0.15, 0.2) is 0 Å². The number of carboxylic acids is 1. The van der Waals surface area contributed by atoms with E-state index in [-0.39, 0.29) is 5.56 Å². The summed E-state index contributed by atoms with van der Waals surface area (Å²) in [6.07, 6.45) is 9.39. The number of hydrogen-bond donors (Lipinski definition) is 2. The van der Waals surface area contributed by atoms with Crippen LogP contribution in [0.3, 0.4) is 0 Å². The molecular formula is C14H21NO3. The Kier molecular flexibility index (Phi) is 4.81. The Hall–Kier alpha value is -1.29. The highest BCUT2D eigenvalue weighted by Crippen LogP contribution is 2.22. The fraction of sp³-hybridized carbons (Fsp3) is 0.643. The van der Waals surface area contributed by atoms with Crippen molar-refractivity contribution in [3.05, 3.63) is 23.7 Å². The molecule has 1 aliphatic carbocycles. The van der Waals surface area contributed by atoms with Crippen molar-refractivity contribution in [2.24, 2.45) is 5.92 Å². The first kappa shape index (κ1) is 13.1. The SMILES string of the molecule is O=C(O)c1ccoc1CNCC1CCCCCC1. The van der Waals surface area contributed by atoms with Gasteiger partial charge in [-0.25, -0.2) is 4.79 Å². The van der Waals surface area contributed by atoms with Crippen LogP contribution in [0.4, 0.5) is 0 Å². The molecule has 18 heavy (non-hydrogen) atoms. The molecule has 0 aliphatic heterocycles. The highest BCUT2D eigenvalue weighted by atomic mass is 16.4. The molecule has 0 aromatic carbocycles. The minimum atomic E-state index is -0.921. The number of carboxylic acid groups (broad SMARTS) is 1. The van der Waals surface area contributed by atoms with E-state index in [9.17, 15) is 4.79 Å². The van der Waals surface area contributed by atoms with Crippen molar-refractivity contribution in [1.82, 2.24) is 5.32 Å². The van der Waals surface area contributed by atoms with Crippen LogP contribution in [-0.2, 0) is 6.54 Å². The van der Waals surface area contributed by atoms with Gasteiger partial charge in [-0.15, -0.1) is 0 Å². The lowest BCUT2D eigenvalue weighted by atomic mass is 10.0. The summed E-state index contributed by atoms with van der Waals surface area (Å²) in [6, 6.07) is 1.50. The largest absolute Gasteiger partial charge is 0.478 e. The first-order valence-corrected chi connectivity index (χ1v) is 6.77. The summed E-state index contributed by atoms with van der Waals surface area (Å²) < 4.78 is 5.20. The van der Waals surface area contributed by atoms with Gasteiger partial charge in [0, 0.05) is 0 Å². The molecule has 1 heterocycles.